The largest absolute Gasteiger partial charge is 0.409 e. The van der Waals surface area contributed by atoms with Crippen molar-refractivity contribution in [3.8, 4) is 0 Å². The highest BCUT2D eigenvalue weighted by Gasteiger charge is 2.12. The lowest BCUT2D eigenvalue weighted by Gasteiger charge is -2.26. The molecule has 4 heteroatoms. The topological polar surface area (TPSA) is 61.8 Å². The van der Waals surface area contributed by atoms with Crippen molar-refractivity contribution in [1.29, 1.82) is 0 Å². The number of nitrogens with two attached hydrogens (primary N) is 1. The molecule has 4 nitrogen and oxygen atoms in total. The Morgan fingerprint density at radius 3 is 2.24 bits per heavy atom. The SMILES string of the molecule is CCCN(CCC)c1ccc(/C(N)=N/O)c2ccccc12. The number of fused-ring (bicyclic) bond motifs is 1. The second-order valence-corrected chi connectivity index (χ2v) is 5.15. The van der Waals surface area contributed by atoms with Crippen LogP contribution in [-0.4, -0.2) is 24.1 Å². The van der Waals surface area contributed by atoms with Gasteiger partial charge in [-0.05, 0) is 30.4 Å². The minimum Gasteiger partial charge on any atom is -0.409 e. The fourth-order valence-electron chi connectivity index (χ4n) is 2.73. The number of anilines is 1. The van der Waals surface area contributed by atoms with Gasteiger partial charge in [-0.1, -0.05) is 43.3 Å². The van der Waals surface area contributed by atoms with Crippen LogP contribution in [0.4, 0.5) is 5.69 Å². The monoisotopic (exact) mass is 285 g/mol. The van der Waals surface area contributed by atoms with Gasteiger partial charge in [-0.15, -0.1) is 0 Å². The van der Waals surface area contributed by atoms with Crippen molar-refractivity contribution in [2.45, 2.75) is 26.7 Å². The average molecular weight is 285 g/mol. The highest BCUT2D eigenvalue weighted by molar-refractivity contribution is 6.11. The van der Waals surface area contributed by atoms with Crippen LogP contribution in [0.15, 0.2) is 41.6 Å². The van der Waals surface area contributed by atoms with E-state index in [0.717, 1.165) is 42.3 Å². The third-order valence-electron chi connectivity index (χ3n) is 3.61. The van der Waals surface area contributed by atoms with Crippen LogP contribution in [0.3, 0.4) is 0 Å². The number of hydrogen-bond donors (Lipinski definition) is 2. The van der Waals surface area contributed by atoms with Crippen LogP contribution in [0.1, 0.15) is 32.3 Å². The summed E-state index contributed by atoms with van der Waals surface area (Å²) >= 11 is 0. The average Bonchev–Trinajstić information content (AvgIpc) is 2.53. The predicted octanol–water partition coefficient (Wildman–Crippen LogP) is 3.56. The van der Waals surface area contributed by atoms with E-state index in [1.807, 2.05) is 24.3 Å². The molecule has 0 aliphatic rings. The minimum atomic E-state index is 0.148. The van der Waals surface area contributed by atoms with Gasteiger partial charge >= 0.3 is 0 Å². The molecule has 2 rings (SSSR count). The third kappa shape index (κ3) is 3.10. The molecule has 0 fully saturated rings. The van der Waals surface area contributed by atoms with Gasteiger partial charge in [0, 0.05) is 29.7 Å². The molecule has 0 bridgehead atoms. The zero-order valence-electron chi connectivity index (χ0n) is 12.7. The summed E-state index contributed by atoms with van der Waals surface area (Å²) < 4.78 is 0. The number of nitrogens with zero attached hydrogens (tertiary/aromatic N) is 2. The molecule has 0 saturated heterocycles. The first-order valence-corrected chi connectivity index (χ1v) is 7.47. The van der Waals surface area contributed by atoms with Gasteiger partial charge in [0.25, 0.3) is 0 Å². The smallest absolute Gasteiger partial charge is 0.170 e. The maximum absolute atomic E-state index is 8.95. The van der Waals surface area contributed by atoms with Crippen LogP contribution in [0, 0.1) is 0 Å². The molecule has 0 spiro atoms. The Morgan fingerprint density at radius 1 is 1.05 bits per heavy atom. The molecule has 0 saturated carbocycles. The highest BCUT2D eigenvalue weighted by Crippen LogP contribution is 2.30. The van der Waals surface area contributed by atoms with Gasteiger partial charge in [-0.2, -0.15) is 0 Å². The van der Waals surface area contributed by atoms with Crippen molar-refractivity contribution < 1.29 is 5.21 Å². The first-order chi connectivity index (χ1) is 10.2. The second kappa shape index (κ2) is 6.97. The molecule has 0 amide bonds. The van der Waals surface area contributed by atoms with Crippen LogP contribution in [-0.2, 0) is 0 Å². The maximum atomic E-state index is 8.95. The van der Waals surface area contributed by atoms with Crippen LogP contribution in [0.5, 0.6) is 0 Å². The van der Waals surface area contributed by atoms with Gasteiger partial charge < -0.3 is 15.8 Å². The number of hydrogen-bond acceptors (Lipinski definition) is 3. The van der Waals surface area contributed by atoms with Crippen molar-refractivity contribution in [3.63, 3.8) is 0 Å². The van der Waals surface area contributed by atoms with Gasteiger partial charge in [0.15, 0.2) is 5.84 Å². The molecule has 3 N–H and O–H groups in total. The summed E-state index contributed by atoms with van der Waals surface area (Å²) in [6.07, 6.45) is 2.21. The van der Waals surface area contributed by atoms with Crippen LogP contribution < -0.4 is 10.6 Å². The van der Waals surface area contributed by atoms with Gasteiger partial charge in [0.1, 0.15) is 0 Å². The van der Waals surface area contributed by atoms with Crippen LogP contribution >= 0.6 is 0 Å². The lowest BCUT2D eigenvalue weighted by molar-refractivity contribution is 0.318. The summed E-state index contributed by atoms with van der Waals surface area (Å²) in [4.78, 5) is 2.40. The zero-order valence-corrected chi connectivity index (χ0v) is 12.7. The number of rotatable bonds is 6. The third-order valence-corrected chi connectivity index (χ3v) is 3.61. The summed E-state index contributed by atoms with van der Waals surface area (Å²) in [6.45, 7) is 6.44. The van der Waals surface area contributed by atoms with E-state index in [1.165, 1.54) is 5.69 Å². The lowest BCUT2D eigenvalue weighted by Crippen LogP contribution is -2.25. The molecule has 0 aliphatic carbocycles. The van der Waals surface area contributed by atoms with E-state index >= 15 is 0 Å². The van der Waals surface area contributed by atoms with Gasteiger partial charge in [0.2, 0.25) is 0 Å². The van der Waals surface area contributed by atoms with E-state index in [-0.39, 0.29) is 5.84 Å². The van der Waals surface area contributed by atoms with Gasteiger partial charge in [-0.25, -0.2) is 0 Å². The van der Waals surface area contributed by atoms with Gasteiger partial charge in [0.05, 0.1) is 0 Å². The summed E-state index contributed by atoms with van der Waals surface area (Å²) in [5.41, 5.74) is 7.77. The minimum absolute atomic E-state index is 0.148. The Morgan fingerprint density at radius 2 is 1.67 bits per heavy atom. The van der Waals surface area contributed by atoms with E-state index in [0.29, 0.717) is 0 Å². The first kappa shape index (κ1) is 15.2. The zero-order chi connectivity index (χ0) is 15.2. The molecule has 2 aromatic rings. The van der Waals surface area contributed by atoms with Crippen LogP contribution in [0.25, 0.3) is 10.8 Å². The van der Waals surface area contributed by atoms with Crippen molar-refractivity contribution in [3.05, 3.63) is 42.0 Å². The molecule has 112 valence electrons. The molecule has 21 heavy (non-hydrogen) atoms. The quantitative estimate of drug-likeness (QED) is 0.369. The Labute approximate surface area is 125 Å². The molecule has 0 heterocycles. The Hall–Kier alpha value is -2.23. The lowest BCUT2D eigenvalue weighted by atomic mass is 10.0. The fraction of sp³-hybridized carbons (Fsp3) is 0.353. The standard InChI is InChI=1S/C17H23N3O/c1-3-11-20(12-4-2)16-10-9-15(17(18)19-21)13-7-5-6-8-14(13)16/h5-10,21H,3-4,11-12H2,1-2H3,(H2,18,19). The van der Waals surface area contributed by atoms with Crippen molar-refractivity contribution in [2.75, 3.05) is 18.0 Å². The van der Waals surface area contributed by atoms with E-state index in [4.69, 9.17) is 10.9 Å². The number of amidine groups is 1. The molecule has 2 aromatic carbocycles. The van der Waals surface area contributed by atoms with Crippen molar-refractivity contribution in [2.24, 2.45) is 10.9 Å². The van der Waals surface area contributed by atoms with E-state index in [2.05, 4.69) is 36.0 Å². The van der Waals surface area contributed by atoms with E-state index < -0.39 is 0 Å². The van der Waals surface area contributed by atoms with Crippen molar-refractivity contribution in [1.82, 2.24) is 0 Å². The summed E-state index contributed by atoms with van der Waals surface area (Å²) in [7, 11) is 0. The van der Waals surface area contributed by atoms with E-state index in [9.17, 15) is 0 Å². The predicted molar refractivity (Wildman–Crippen MR) is 89.3 cm³/mol. The maximum Gasteiger partial charge on any atom is 0.170 e. The van der Waals surface area contributed by atoms with Crippen LogP contribution in [0.2, 0.25) is 0 Å². The molecule has 0 unspecified atom stereocenters. The van der Waals surface area contributed by atoms with Crippen molar-refractivity contribution >= 4 is 22.3 Å². The van der Waals surface area contributed by atoms with Gasteiger partial charge in [-0.3, -0.25) is 0 Å². The summed E-state index contributed by atoms with van der Waals surface area (Å²) in [6, 6.07) is 12.1. The Kier molecular flexibility index (Phi) is 5.04. The highest BCUT2D eigenvalue weighted by atomic mass is 16.4. The second-order valence-electron chi connectivity index (χ2n) is 5.15. The molecule has 0 aromatic heterocycles. The number of oxime groups is 1. The molecule has 0 atom stereocenters. The Bertz CT molecular complexity index is 631. The molecular weight excluding hydrogens is 262 g/mol. The first-order valence-electron chi connectivity index (χ1n) is 7.47. The summed E-state index contributed by atoms with van der Waals surface area (Å²) in [5, 5.41) is 14.2. The molecule has 0 aliphatic heterocycles. The summed E-state index contributed by atoms with van der Waals surface area (Å²) in [5.74, 6) is 0.148. The number of benzene rings is 2. The fourth-order valence-corrected chi connectivity index (χ4v) is 2.73. The molecule has 0 radical (unpaired) electrons. The Balaban J connectivity index is 2.61. The normalized spacial score (nSPS) is 11.8. The van der Waals surface area contributed by atoms with E-state index in [1.54, 1.807) is 0 Å². The molecular formula is C17H23N3O.